The van der Waals surface area contributed by atoms with Crippen LogP contribution in [0.4, 0.5) is 0 Å². The van der Waals surface area contributed by atoms with Crippen LogP contribution < -0.4 is 0 Å². The monoisotopic (exact) mass is 948 g/mol. The molecule has 0 N–H and O–H groups in total. The number of carbonyl (C=O) groups excluding carboxylic acids is 1. The van der Waals surface area contributed by atoms with Crippen molar-refractivity contribution in [1.29, 1.82) is 0 Å². The zero-order valence-electron chi connectivity index (χ0n) is 45.8. The number of aldehydes is 1. The van der Waals surface area contributed by atoms with Crippen molar-refractivity contribution in [2.75, 3.05) is 0 Å². The van der Waals surface area contributed by atoms with E-state index in [9.17, 15) is 4.79 Å². The fourth-order valence-corrected chi connectivity index (χ4v) is 13.1. The van der Waals surface area contributed by atoms with Crippen molar-refractivity contribution in [3.8, 4) is 0 Å². The highest BCUT2D eigenvalue weighted by Crippen LogP contribution is 2.77. The first-order chi connectivity index (χ1) is 34.5. The lowest BCUT2D eigenvalue weighted by Gasteiger charge is -2.30. The van der Waals surface area contributed by atoms with E-state index >= 15 is 0 Å². The first kappa shape index (κ1) is 55.8. The van der Waals surface area contributed by atoms with E-state index in [1.165, 1.54) is 231 Å². The molecule has 1 aliphatic carbocycles. The Morgan fingerprint density at radius 3 is 1.04 bits per heavy atom. The number of nitrogens with zero attached hydrogens (tertiary/aromatic N) is 1. The van der Waals surface area contributed by atoms with Crippen LogP contribution in [0, 0.1) is 5.92 Å². The van der Waals surface area contributed by atoms with Crippen LogP contribution in [0.3, 0.4) is 0 Å². The summed E-state index contributed by atoms with van der Waals surface area (Å²) < 4.78 is 0. The van der Waals surface area contributed by atoms with Gasteiger partial charge >= 0.3 is 0 Å². The molecule has 2 fully saturated rings. The average molecular weight is 949 g/mol. The summed E-state index contributed by atoms with van der Waals surface area (Å²) in [5, 5.41) is 0. The summed E-state index contributed by atoms with van der Waals surface area (Å²) in [6, 6.07) is 38.6. The van der Waals surface area contributed by atoms with Gasteiger partial charge in [0, 0.05) is 0 Å². The number of carbonyl (C=O) groups is 1. The molecule has 2 nitrogen and oxygen atoms in total. The molecule has 0 radical (unpaired) electrons. The smallest absolute Gasteiger partial charge is 0.140 e. The molecule has 1 heterocycles. The number of benzene rings is 4. The predicted molar refractivity (Wildman–Crippen MR) is 303 cm³/mol. The Kier molecular flexibility index (Phi) is 23.8. The minimum Gasteiger partial charge on any atom is -0.301 e. The third kappa shape index (κ3) is 14.0. The van der Waals surface area contributed by atoms with E-state index in [1.807, 2.05) is 0 Å². The summed E-state index contributed by atoms with van der Waals surface area (Å²) in [5.41, 5.74) is 10.3. The lowest BCUT2D eigenvalue weighted by Crippen LogP contribution is -2.33. The Morgan fingerprint density at radius 2 is 0.686 bits per heavy atom. The first-order valence-electron chi connectivity index (χ1n) is 30.1. The van der Waals surface area contributed by atoms with Crippen molar-refractivity contribution in [2.45, 2.75) is 270 Å². The van der Waals surface area contributed by atoms with Gasteiger partial charge in [-0.1, -0.05) is 286 Å². The van der Waals surface area contributed by atoms with Gasteiger partial charge in [0.05, 0.1) is 16.6 Å². The van der Waals surface area contributed by atoms with Gasteiger partial charge in [0.25, 0.3) is 0 Å². The van der Waals surface area contributed by atoms with Gasteiger partial charge in [-0.3, -0.25) is 4.90 Å². The molecule has 6 rings (SSSR count). The largest absolute Gasteiger partial charge is 0.301 e. The number of aryl methyl sites for hydroxylation is 4. The van der Waals surface area contributed by atoms with Crippen molar-refractivity contribution < 1.29 is 4.79 Å². The van der Waals surface area contributed by atoms with Gasteiger partial charge in [-0.25, -0.2) is 0 Å². The highest BCUT2D eigenvalue weighted by atomic mass is 16.1. The highest BCUT2D eigenvalue weighted by Gasteiger charge is 2.85. The molecule has 2 aliphatic rings. The van der Waals surface area contributed by atoms with Gasteiger partial charge in [0.15, 0.2) is 0 Å². The molecule has 384 valence electrons. The Labute approximate surface area is 431 Å². The SMILES string of the molecule is CCCCCCCCCc1ccccc1CC1(c2ccccc2CCCCCCCCC)N([C@]2(C=O)CC2C)C1(c1ccccc1CCCCCCCCC)c1ccccc1CCCCCCCCC. The van der Waals surface area contributed by atoms with Crippen LogP contribution in [0.5, 0.6) is 0 Å². The van der Waals surface area contributed by atoms with Crippen LogP contribution in [-0.2, 0) is 48.0 Å². The van der Waals surface area contributed by atoms with Crippen LogP contribution in [0.15, 0.2) is 97.1 Å². The normalized spacial score (nSPS) is 20.2. The van der Waals surface area contributed by atoms with Gasteiger partial charge in [-0.15, -0.1) is 0 Å². The molecule has 1 saturated carbocycles. The van der Waals surface area contributed by atoms with Crippen LogP contribution in [0.2, 0.25) is 0 Å². The van der Waals surface area contributed by atoms with Gasteiger partial charge in [0.2, 0.25) is 0 Å². The molecule has 0 bridgehead atoms. The van der Waals surface area contributed by atoms with Crippen molar-refractivity contribution in [3.05, 3.63) is 142 Å². The van der Waals surface area contributed by atoms with Crippen molar-refractivity contribution in [2.24, 2.45) is 5.92 Å². The Hall–Kier alpha value is -3.49. The Morgan fingerprint density at radius 1 is 0.400 bits per heavy atom. The van der Waals surface area contributed by atoms with Gasteiger partial charge in [-0.05, 0) is 115 Å². The summed E-state index contributed by atoms with van der Waals surface area (Å²) in [4.78, 5) is 17.3. The summed E-state index contributed by atoms with van der Waals surface area (Å²) in [7, 11) is 0. The zero-order valence-corrected chi connectivity index (χ0v) is 45.8. The molecule has 0 aromatic heterocycles. The van der Waals surface area contributed by atoms with E-state index in [0.717, 1.165) is 38.5 Å². The molecule has 2 heteroatoms. The second kappa shape index (κ2) is 29.9. The molecular formula is C68H101NO. The quantitative estimate of drug-likeness (QED) is 0.0252. The van der Waals surface area contributed by atoms with Gasteiger partial charge in [0.1, 0.15) is 6.29 Å². The second-order valence-corrected chi connectivity index (χ2v) is 22.5. The maximum atomic E-state index is 14.4. The van der Waals surface area contributed by atoms with Crippen molar-refractivity contribution >= 4 is 6.29 Å². The number of rotatable bonds is 39. The van der Waals surface area contributed by atoms with Crippen LogP contribution in [-0.4, -0.2) is 16.7 Å². The van der Waals surface area contributed by atoms with E-state index in [4.69, 9.17) is 0 Å². The molecule has 1 aliphatic heterocycles. The lowest BCUT2D eigenvalue weighted by molar-refractivity contribution is -0.113. The maximum Gasteiger partial charge on any atom is 0.140 e. The Bertz CT molecular complexity index is 2020. The van der Waals surface area contributed by atoms with E-state index in [-0.39, 0.29) is 5.92 Å². The highest BCUT2D eigenvalue weighted by molar-refractivity contribution is 5.76. The molecule has 70 heavy (non-hydrogen) atoms. The topological polar surface area (TPSA) is 20.1 Å². The predicted octanol–water partition coefficient (Wildman–Crippen LogP) is 19.5. The molecule has 4 atom stereocenters. The molecule has 0 amide bonds. The molecule has 0 spiro atoms. The number of hydrogen-bond acceptors (Lipinski definition) is 2. The third-order valence-electron chi connectivity index (χ3n) is 17.3. The van der Waals surface area contributed by atoms with Crippen molar-refractivity contribution in [3.63, 3.8) is 0 Å². The molecule has 4 aromatic carbocycles. The first-order valence-corrected chi connectivity index (χ1v) is 30.1. The fourth-order valence-electron chi connectivity index (χ4n) is 13.1. The molecular weight excluding hydrogens is 847 g/mol. The second-order valence-electron chi connectivity index (χ2n) is 22.5. The van der Waals surface area contributed by atoms with E-state index in [0.29, 0.717) is 0 Å². The number of unbranched alkanes of at least 4 members (excludes halogenated alkanes) is 24. The molecule has 4 aromatic rings. The van der Waals surface area contributed by atoms with Crippen molar-refractivity contribution in [1.82, 2.24) is 4.90 Å². The standard InChI is InChI=1S/C68H101NO/c1-6-10-14-18-22-26-30-42-58-43-34-35-50-62(58)55-67(63-51-39-36-47-59(63)44-31-27-23-19-15-11-7-2)68(69(67)66(56-70)54-57(66)5,64-52-40-37-48-60(64)45-32-28-24-20-16-12-8-3)65-53-41-38-49-61(65)46-33-29-25-21-17-13-9-4/h34-41,43,47-53,56-57H,6-33,42,44-46,54-55H2,1-5H3/t57?,66-,67?,69?/m0/s1. The zero-order chi connectivity index (χ0) is 49.3. The van der Waals surface area contributed by atoms with Crippen LogP contribution in [0.1, 0.15) is 265 Å². The third-order valence-corrected chi connectivity index (χ3v) is 17.3. The molecule has 1 saturated heterocycles. The number of hydrogen-bond donors (Lipinski definition) is 0. The van der Waals surface area contributed by atoms with E-state index in [1.54, 1.807) is 0 Å². The maximum absolute atomic E-state index is 14.4. The summed E-state index contributed by atoms with van der Waals surface area (Å²) in [5.74, 6) is 0.287. The minimum atomic E-state index is -0.543. The average Bonchev–Trinajstić information content (AvgIpc) is 4.25. The summed E-state index contributed by atoms with van der Waals surface area (Å²) in [6.07, 6.45) is 44.2. The van der Waals surface area contributed by atoms with Crippen LogP contribution in [0.25, 0.3) is 0 Å². The Balaban J connectivity index is 1.53. The minimum absolute atomic E-state index is 0.287. The fraction of sp³-hybridized carbons (Fsp3) is 0.632. The van der Waals surface area contributed by atoms with E-state index < -0.39 is 16.6 Å². The van der Waals surface area contributed by atoms with Gasteiger partial charge in [-0.2, -0.15) is 0 Å². The summed E-state index contributed by atoms with van der Waals surface area (Å²) in [6.45, 7) is 11.7. The van der Waals surface area contributed by atoms with Crippen LogP contribution >= 0.6 is 0 Å². The van der Waals surface area contributed by atoms with Gasteiger partial charge < -0.3 is 4.79 Å². The van der Waals surface area contributed by atoms with E-state index in [2.05, 4.69) is 137 Å². The summed E-state index contributed by atoms with van der Waals surface area (Å²) >= 11 is 0. The molecule has 3 unspecified atom stereocenters. The lowest BCUT2D eigenvalue weighted by atomic mass is 9.70.